The van der Waals surface area contributed by atoms with E-state index >= 15 is 0 Å². The molecular weight excluding hydrogens is 246 g/mol. The van der Waals surface area contributed by atoms with Crippen molar-refractivity contribution in [2.75, 3.05) is 13.7 Å². The monoisotopic (exact) mass is 261 g/mol. The summed E-state index contributed by atoms with van der Waals surface area (Å²) in [4.78, 5) is 23.3. The van der Waals surface area contributed by atoms with Crippen molar-refractivity contribution in [2.45, 2.75) is 13.3 Å². The minimum atomic E-state index is -1.06. The molecule has 0 bridgehead atoms. The number of ketones is 1. The van der Waals surface area contributed by atoms with Crippen LogP contribution >= 0.6 is 0 Å². The first-order valence-electron chi connectivity index (χ1n) is 5.85. The lowest BCUT2D eigenvalue weighted by Gasteiger charge is -2.08. The maximum Gasteiger partial charge on any atom is 0.323 e. The van der Waals surface area contributed by atoms with Crippen molar-refractivity contribution in [1.29, 1.82) is 5.26 Å². The molecule has 0 aliphatic heterocycles. The fourth-order valence-electron chi connectivity index (χ4n) is 1.50. The number of hydrogen-bond acceptors (Lipinski definition) is 5. The van der Waals surface area contributed by atoms with Gasteiger partial charge in [0.2, 0.25) is 0 Å². The van der Waals surface area contributed by atoms with Gasteiger partial charge in [0.05, 0.1) is 19.8 Å². The Morgan fingerprint density at radius 1 is 1.32 bits per heavy atom. The summed E-state index contributed by atoms with van der Waals surface area (Å²) in [6.07, 6.45) is -0.179. The zero-order valence-corrected chi connectivity index (χ0v) is 10.9. The van der Waals surface area contributed by atoms with Gasteiger partial charge in [0.15, 0.2) is 11.7 Å². The predicted molar refractivity (Wildman–Crippen MR) is 67.7 cm³/mol. The number of benzene rings is 1. The second-order valence-corrected chi connectivity index (χ2v) is 3.79. The molecule has 0 aromatic heterocycles. The molecule has 5 heteroatoms. The number of Topliss-reactive ketones (excluding diaryl/α,β-unsaturated/α-hetero) is 1. The molecule has 0 aliphatic carbocycles. The average Bonchev–Trinajstić information content (AvgIpc) is 2.44. The minimum Gasteiger partial charge on any atom is -0.497 e. The summed E-state index contributed by atoms with van der Waals surface area (Å²) in [5, 5.41) is 8.88. The molecule has 0 saturated carbocycles. The zero-order chi connectivity index (χ0) is 14.3. The largest absolute Gasteiger partial charge is 0.497 e. The summed E-state index contributed by atoms with van der Waals surface area (Å²) in [7, 11) is 1.53. The van der Waals surface area contributed by atoms with E-state index < -0.39 is 11.9 Å². The van der Waals surface area contributed by atoms with E-state index in [2.05, 4.69) is 0 Å². The third-order valence-electron chi connectivity index (χ3n) is 2.53. The van der Waals surface area contributed by atoms with Crippen molar-refractivity contribution >= 4 is 11.8 Å². The van der Waals surface area contributed by atoms with E-state index in [1.807, 2.05) is 0 Å². The predicted octanol–water partition coefficient (Wildman–Crippen LogP) is 1.97. The van der Waals surface area contributed by atoms with Crippen molar-refractivity contribution in [3.05, 3.63) is 29.8 Å². The van der Waals surface area contributed by atoms with Crippen LogP contribution in [0.5, 0.6) is 5.75 Å². The highest BCUT2D eigenvalue weighted by Gasteiger charge is 2.23. The van der Waals surface area contributed by atoms with Gasteiger partial charge in [-0.3, -0.25) is 9.59 Å². The lowest BCUT2D eigenvalue weighted by atomic mass is 9.99. The van der Waals surface area contributed by atoms with E-state index in [4.69, 9.17) is 14.7 Å². The maximum absolute atomic E-state index is 11.9. The number of esters is 1. The summed E-state index contributed by atoms with van der Waals surface area (Å²) >= 11 is 0. The molecule has 1 rings (SSSR count). The van der Waals surface area contributed by atoms with Crippen molar-refractivity contribution in [1.82, 2.24) is 0 Å². The molecule has 0 amide bonds. The summed E-state index contributed by atoms with van der Waals surface area (Å²) in [6.45, 7) is 1.84. The van der Waals surface area contributed by atoms with Gasteiger partial charge in [0.25, 0.3) is 0 Å². The van der Waals surface area contributed by atoms with E-state index in [0.717, 1.165) is 0 Å². The lowest BCUT2D eigenvalue weighted by molar-refractivity contribution is -0.145. The Morgan fingerprint density at radius 3 is 2.42 bits per heavy atom. The van der Waals surface area contributed by atoms with E-state index in [-0.39, 0.29) is 18.8 Å². The lowest BCUT2D eigenvalue weighted by Crippen LogP contribution is -2.19. The Kier molecular flexibility index (Phi) is 5.55. The van der Waals surface area contributed by atoms with Crippen molar-refractivity contribution in [3.63, 3.8) is 0 Å². The summed E-state index contributed by atoms with van der Waals surface area (Å²) < 4.78 is 9.72. The molecule has 19 heavy (non-hydrogen) atoms. The first kappa shape index (κ1) is 14.7. The fraction of sp³-hybridized carbons (Fsp3) is 0.357. The molecule has 0 fully saturated rings. The summed E-state index contributed by atoms with van der Waals surface area (Å²) in [5.41, 5.74) is 0.436. The topological polar surface area (TPSA) is 76.4 Å². The van der Waals surface area contributed by atoms with E-state index in [0.29, 0.717) is 11.3 Å². The van der Waals surface area contributed by atoms with Gasteiger partial charge in [0.1, 0.15) is 5.75 Å². The maximum atomic E-state index is 11.9. The smallest absolute Gasteiger partial charge is 0.323 e. The van der Waals surface area contributed by atoms with E-state index in [1.54, 1.807) is 37.3 Å². The Hall–Kier alpha value is -2.35. The number of carbonyl (C=O) groups excluding carboxylic acids is 2. The third-order valence-corrected chi connectivity index (χ3v) is 2.53. The van der Waals surface area contributed by atoms with Crippen molar-refractivity contribution in [3.8, 4) is 11.8 Å². The van der Waals surface area contributed by atoms with E-state index in [9.17, 15) is 9.59 Å². The normalized spacial score (nSPS) is 11.2. The van der Waals surface area contributed by atoms with Crippen LogP contribution < -0.4 is 4.74 Å². The van der Waals surface area contributed by atoms with Gasteiger partial charge in [-0.1, -0.05) is 0 Å². The van der Waals surface area contributed by atoms with Crippen LogP contribution in [0.4, 0.5) is 0 Å². The number of ether oxygens (including phenoxy) is 2. The van der Waals surface area contributed by atoms with Crippen LogP contribution in [0.3, 0.4) is 0 Å². The van der Waals surface area contributed by atoms with Gasteiger partial charge in [-0.2, -0.15) is 5.26 Å². The van der Waals surface area contributed by atoms with Crippen LogP contribution in [-0.4, -0.2) is 25.5 Å². The quantitative estimate of drug-likeness (QED) is 0.578. The molecule has 0 aliphatic rings. The van der Waals surface area contributed by atoms with Crippen LogP contribution in [-0.2, 0) is 9.53 Å². The Morgan fingerprint density at radius 2 is 1.95 bits per heavy atom. The Bertz CT molecular complexity index is 487. The highest BCUT2D eigenvalue weighted by atomic mass is 16.5. The third kappa shape index (κ3) is 4.11. The Labute approximate surface area is 111 Å². The molecule has 5 nitrogen and oxygen atoms in total. The highest BCUT2D eigenvalue weighted by Crippen LogP contribution is 2.15. The number of nitrogens with zero attached hydrogens (tertiary/aromatic N) is 1. The minimum absolute atomic E-state index is 0.179. The van der Waals surface area contributed by atoms with Crippen LogP contribution in [0.1, 0.15) is 23.7 Å². The number of rotatable bonds is 6. The van der Waals surface area contributed by atoms with Crippen LogP contribution in [0.25, 0.3) is 0 Å². The number of methoxy groups -OCH3 is 1. The second kappa shape index (κ2) is 7.17. The zero-order valence-electron chi connectivity index (χ0n) is 10.9. The van der Waals surface area contributed by atoms with Gasteiger partial charge in [-0.15, -0.1) is 0 Å². The molecule has 0 unspecified atom stereocenters. The Balaban J connectivity index is 2.72. The fourth-order valence-corrected chi connectivity index (χ4v) is 1.50. The van der Waals surface area contributed by atoms with E-state index in [1.165, 1.54) is 7.11 Å². The van der Waals surface area contributed by atoms with Gasteiger partial charge < -0.3 is 9.47 Å². The van der Waals surface area contributed by atoms with Crippen LogP contribution in [0.2, 0.25) is 0 Å². The molecule has 100 valence electrons. The van der Waals surface area contributed by atoms with Crippen molar-refractivity contribution in [2.24, 2.45) is 5.92 Å². The molecule has 0 spiro atoms. The number of hydrogen-bond donors (Lipinski definition) is 0. The molecule has 1 aromatic rings. The van der Waals surface area contributed by atoms with Crippen molar-refractivity contribution < 1.29 is 19.1 Å². The average molecular weight is 261 g/mol. The highest BCUT2D eigenvalue weighted by molar-refractivity contribution is 5.98. The SMILES string of the molecule is CCOC(=O)[C@@H](C#N)CC(=O)c1ccc(OC)cc1. The molecule has 0 radical (unpaired) electrons. The molecule has 0 heterocycles. The van der Waals surface area contributed by atoms with Crippen LogP contribution in [0, 0.1) is 17.2 Å². The number of carbonyl (C=O) groups is 2. The molecule has 0 saturated heterocycles. The molecule has 0 N–H and O–H groups in total. The molecular formula is C14H15NO4. The summed E-state index contributed by atoms with van der Waals surface area (Å²) in [5.74, 6) is -1.36. The van der Waals surface area contributed by atoms with Gasteiger partial charge in [-0.25, -0.2) is 0 Å². The van der Waals surface area contributed by atoms with Crippen LogP contribution in [0.15, 0.2) is 24.3 Å². The molecule has 1 aromatic carbocycles. The first-order chi connectivity index (χ1) is 9.12. The molecule has 1 atom stereocenters. The van der Waals surface area contributed by atoms with Gasteiger partial charge in [0, 0.05) is 12.0 Å². The number of nitriles is 1. The second-order valence-electron chi connectivity index (χ2n) is 3.79. The van der Waals surface area contributed by atoms with Gasteiger partial charge >= 0.3 is 5.97 Å². The standard InChI is InChI=1S/C14H15NO4/c1-3-19-14(17)11(9-15)8-13(16)10-4-6-12(18-2)7-5-10/h4-7,11H,3,8H2,1-2H3/t11-/m1/s1. The van der Waals surface area contributed by atoms with Gasteiger partial charge in [-0.05, 0) is 31.2 Å². The first-order valence-corrected chi connectivity index (χ1v) is 5.85. The summed E-state index contributed by atoms with van der Waals surface area (Å²) in [6, 6.07) is 8.29.